The zero-order valence-electron chi connectivity index (χ0n) is 17.7. The second-order valence-corrected chi connectivity index (χ2v) is 7.01. The molecule has 164 valence electrons. The minimum Gasteiger partial charge on any atom is -0.457 e. The molecule has 0 radical (unpaired) electrons. The maximum Gasteiger partial charge on any atom is 0.338 e. The highest BCUT2D eigenvalue weighted by Crippen LogP contribution is 2.25. The minimum atomic E-state index is -0.515. The van der Waals surface area contributed by atoms with E-state index in [-0.39, 0.29) is 18.2 Å². The van der Waals surface area contributed by atoms with Gasteiger partial charge in [0, 0.05) is 24.2 Å². The first-order valence-electron chi connectivity index (χ1n) is 9.94. The molecule has 0 aliphatic carbocycles. The summed E-state index contributed by atoms with van der Waals surface area (Å²) in [6.07, 6.45) is 0.340. The van der Waals surface area contributed by atoms with Crippen molar-refractivity contribution in [1.29, 1.82) is 0 Å². The highest BCUT2D eigenvalue weighted by molar-refractivity contribution is 5.95. The van der Waals surface area contributed by atoms with Crippen LogP contribution in [0, 0.1) is 17.0 Å². The van der Waals surface area contributed by atoms with Gasteiger partial charge in [-0.25, -0.2) is 4.79 Å². The molecule has 0 heterocycles. The summed E-state index contributed by atoms with van der Waals surface area (Å²) in [6, 6.07) is 17.7. The first kappa shape index (κ1) is 22.5. The molecular weight excluding hydrogens is 412 g/mol. The van der Waals surface area contributed by atoms with E-state index in [1.807, 2.05) is 6.92 Å². The van der Waals surface area contributed by atoms with Crippen LogP contribution in [0.15, 0.2) is 66.7 Å². The van der Waals surface area contributed by atoms with E-state index >= 15 is 0 Å². The number of nitro groups is 1. The summed E-state index contributed by atoms with van der Waals surface area (Å²) in [6.45, 7) is 3.62. The van der Waals surface area contributed by atoms with Crippen LogP contribution in [0.5, 0.6) is 11.5 Å². The number of carbonyl (C=O) groups is 2. The Balaban J connectivity index is 1.63. The lowest BCUT2D eigenvalue weighted by Crippen LogP contribution is -2.12. The van der Waals surface area contributed by atoms with Gasteiger partial charge in [-0.15, -0.1) is 0 Å². The molecule has 0 aromatic heterocycles. The van der Waals surface area contributed by atoms with Gasteiger partial charge in [0.2, 0.25) is 5.91 Å². The summed E-state index contributed by atoms with van der Waals surface area (Å²) in [5.41, 5.74) is 2.44. The molecule has 8 heteroatoms. The Bertz CT molecular complexity index is 1140. The number of aryl methyl sites for hydroxylation is 1. The second kappa shape index (κ2) is 10.2. The smallest absolute Gasteiger partial charge is 0.338 e. The molecule has 0 saturated heterocycles. The lowest BCUT2D eigenvalue weighted by atomic mass is 10.1. The topological polar surface area (TPSA) is 108 Å². The Morgan fingerprint density at radius 1 is 1.00 bits per heavy atom. The van der Waals surface area contributed by atoms with Gasteiger partial charge in [0.05, 0.1) is 10.5 Å². The van der Waals surface area contributed by atoms with Gasteiger partial charge in [-0.2, -0.15) is 0 Å². The number of nitrogens with zero attached hydrogens (tertiary/aromatic N) is 1. The monoisotopic (exact) mass is 434 g/mol. The van der Waals surface area contributed by atoms with Crippen LogP contribution in [0.4, 0.5) is 11.4 Å². The fourth-order valence-electron chi connectivity index (χ4n) is 2.83. The van der Waals surface area contributed by atoms with Crippen molar-refractivity contribution in [2.24, 2.45) is 0 Å². The summed E-state index contributed by atoms with van der Waals surface area (Å²) >= 11 is 0. The third-order valence-electron chi connectivity index (χ3n) is 4.62. The van der Waals surface area contributed by atoms with Crippen LogP contribution in [0.2, 0.25) is 0 Å². The molecule has 3 aromatic carbocycles. The van der Waals surface area contributed by atoms with Gasteiger partial charge >= 0.3 is 5.97 Å². The fraction of sp³-hybridized carbons (Fsp3) is 0.167. The first-order chi connectivity index (χ1) is 15.4. The molecule has 8 nitrogen and oxygen atoms in total. The van der Waals surface area contributed by atoms with Crippen molar-refractivity contribution in [2.45, 2.75) is 26.9 Å². The quantitative estimate of drug-likeness (QED) is 0.289. The van der Waals surface area contributed by atoms with Gasteiger partial charge in [-0.1, -0.05) is 25.1 Å². The normalized spacial score (nSPS) is 10.3. The Morgan fingerprint density at radius 3 is 2.44 bits per heavy atom. The number of nitrogens with one attached hydrogen (secondary N) is 1. The molecule has 3 rings (SSSR count). The van der Waals surface area contributed by atoms with Crippen LogP contribution < -0.4 is 10.1 Å². The van der Waals surface area contributed by atoms with Crippen LogP contribution in [-0.2, 0) is 16.1 Å². The van der Waals surface area contributed by atoms with Crippen LogP contribution in [0.3, 0.4) is 0 Å². The number of hydrogen-bond donors (Lipinski definition) is 1. The van der Waals surface area contributed by atoms with Gasteiger partial charge in [-0.05, 0) is 54.4 Å². The molecule has 0 spiro atoms. The third kappa shape index (κ3) is 5.91. The highest BCUT2D eigenvalue weighted by atomic mass is 16.6. The molecule has 0 aliphatic rings. The molecule has 0 saturated carbocycles. The molecule has 1 amide bonds. The zero-order valence-corrected chi connectivity index (χ0v) is 17.7. The van der Waals surface area contributed by atoms with Crippen molar-refractivity contribution in [3.63, 3.8) is 0 Å². The number of carbonyl (C=O) groups excluding carboxylic acids is 2. The van der Waals surface area contributed by atoms with Crippen LogP contribution in [0.1, 0.15) is 34.8 Å². The fourth-order valence-corrected chi connectivity index (χ4v) is 2.83. The van der Waals surface area contributed by atoms with Crippen LogP contribution >= 0.6 is 0 Å². The summed E-state index contributed by atoms with van der Waals surface area (Å²) in [5, 5.41) is 13.5. The molecule has 0 bridgehead atoms. The third-order valence-corrected chi connectivity index (χ3v) is 4.62. The van der Waals surface area contributed by atoms with Gasteiger partial charge in [0.1, 0.15) is 18.1 Å². The first-order valence-corrected chi connectivity index (χ1v) is 9.94. The van der Waals surface area contributed by atoms with Crippen molar-refractivity contribution in [3.8, 4) is 11.5 Å². The van der Waals surface area contributed by atoms with E-state index in [4.69, 9.17) is 9.47 Å². The Kier molecular flexibility index (Phi) is 7.17. The summed E-state index contributed by atoms with van der Waals surface area (Å²) in [5.74, 6) is 0.306. The Hall–Kier alpha value is -4.20. The largest absolute Gasteiger partial charge is 0.457 e. The van der Waals surface area contributed by atoms with Gasteiger partial charge in [0.25, 0.3) is 5.69 Å². The van der Waals surface area contributed by atoms with Crippen molar-refractivity contribution >= 4 is 23.3 Å². The van der Waals surface area contributed by atoms with Crippen LogP contribution in [-0.4, -0.2) is 16.8 Å². The van der Waals surface area contributed by atoms with E-state index in [2.05, 4.69) is 5.32 Å². The number of hydrogen-bond acceptors (Lipinski definition) is 6. The lowest BCUT2D eigenvalue weighted by molar-refractivity contribution is -0.384. The molecule has 3 aromatic rings. The van der Waals surface area contributed by atoms with Gasteiger partial charge < -0.3 is 14.8 Å². The predicted octanol–water partition coefficient (Wildman–Crippen LogP) is 5.40. The average molecular weight is 434 g/mol. The maximum atomic E-state index is 12.5. The van der Waals surface area contributed by atoms with E-state index in [9.17, 15) is 19.7 Å². The van der Waals surface area contributed by atoms with Gasteiger partial charge in [0.15, 0.2) is 0 Å². The van der Waals surface area contributed by atoms with Crippen molar-refractivity contribution in [1.82, 2.24) is 0 Å². The molecular formula is C24H22N2O6. The molecule has 0 aliphatic heterocycles. The number of amides is 1. The van der Waals surface area contributed by atoms with E-state index in [0.29, 0.717) is 34.7 Å². The van der Waals surface area contributed by atoms with Crippen molar-refractivity contribution in [2.75, 3.05) is 5.32 Å². The number of non-ortho nitro benzene ring substituents is 1. The SMILES string of the molecule is CCC(=O)Nc1cc(C(=O)OCc2cccc(Oc3ccc([N+](=O)[O-])cc3)c2)ccc1C. The molecule has 0 fully saturated rings. The zero-order chi connectivity index (χ0) is 23.1. The summed E-state index contributed by atoms with van der Waals surface area (Å²) in [4.78, 5) is 34.4. The number of benzene rings is 3. The predicted molar refractivity (Wildman–Crippen MR) is 119 cm³/mol. The summed E-state index contributed by atoms with van der Waals surface area (Å²) in [7, 11) is 0. The highest BCUT2D eigenvalue weighted by Gasteiger charge is 2.12. The Morgan fingerprint density at radius 2 is 1.75 bits per heavy atom. The number of anilines is 1. The van der Waals surface area contributed by atoms with Crippen molar-refractivity contribution < 1.29 is 24.0 Å². The van der Waals surface area contributed by atoms with Crippen LogP contribution in [0.25, 0.3) is 0 Å². The second-order valence-electron chi connectivity index (χ2n) is 7.01. The van der Waals surface area contributed by atoms with Gasteiger partial charge in [-0.3, -0.25) is 14.9 Å². The number of ether oxygens (including phenoxy) is 2. The maximum absolute atomic E-state index is 12.5. The van der Waals surface area contributed by atoms with E-state index in [1.54, 1.807) is 49.4 Å². The van der Waals surface area contributed by atoms with Crippen molar-refractivity contribution in [3.05, 3.63) is 93.5 Å². The molecule has 0 atom stereocenters. The number of rotatable bonds is 8. The Labute approximate surface area is 184 Å². The van der Waals surface area contributed by atoms with E-state index < -0.39 is 10.9 Å². The average Bonchev–Trinajstić information content (AvgIpc) is 2.79. The number of esters is 1. The molecule has 32 heavy (non-hydrogen) atoms. The van der Waals surface area contributed by atoms with E-state index in [0.717, 1.165) is 5.56 Å². The standard InChI is InChI=1S/C24H22N2O6/c1-3-23(27)25-22-14-18(8-7-16(22)2)24(28)31-15-17-5-4-6-21(13-17)32-20-11-9-19(10-12-20)26(29)30/h4-14H,3,15H2,1-2H3,(H,25,27). The van der Waals surface area contributed by atoms with E-state index in [1.165, 1.54) is 24.3 Å². The molecule has 1 N–H and O–H groups in total. The lowest BCUT2D eigenvalue weighted by Gasteiger charge is -2.11. The molecule has 0 unspecified atom stereocenters. The number of nitro benzene ring substituents is 1. The minimum absolute atomic E-state index is 0.0217. The summed E-state index contributed by atoms with van der Waals surface area (Å²) < 4.78 is 11.1.